The van der Waals surface area contributed by atoms with E-state index >= 15 is 0 Å². The van der Waals surface area contributed by atoms with Gasteiger partial charge in [-0.3, -0.25) is 0 Å². The van der Waals surface area contributed by atoms with E-state index in [4.69, 9.17) is 0 Å². The zero-order valence-electron chi connectivity index (χ0n) is 40.3. The molecule has 5 atom stereocenters. The van der Waals surface area contributed by atoms with Gasteiger partial charge in [-0.2, -0.15) is 5.26 Å². The van der Waals surface area contributed by atoms with Gasteiger partial charge < -0.3 is 15.1 Å². The van der Waals surface area contributed by atoms with E-state index in [9.17, 15) is 5.26 Å². The predicted octanol–water partition coefficient (Wildman–Crippen LogP) is 15.7. The molecule has 4 nitrogen and oxygen atoms in total. The highest BCUT2D eigenvalue weighted by Gasteiger charge is 2.46. The van der Waals surface area contributed by atoms with Crippen LogP contribution in [0.3, 0.4) is 0 Å². The average molecular weight is 911 g/mol. The van der Waals surface area contributed by atoms with Crippen molar-refractivity contribution in [3.05, 3.63) is 260 Å². The highest BCUT2D eigenvalue weighted by atomic mass is 15.3. The first-order valence-electron chi connectivity index (χ1n) is 26.5. The van der Waals surface area contributed by atoms with Crippen molar-refractivity contribution in [2.75, 3.05) is 0 Å². The first-order chi connectivity index (χ1) is 34.7. The zero-order valence-corrected chi connectivity index (χ0v) is 40.3. The molecule has 346 valence electrons. The molecule has 10 aliphatic carbocycles. The van der Waals surface area contributed by atoms with Gasteiger partial charge in [0.05, 0.1) is 23.5 Å². The summed E-state index contributed by atoms with van der Waals surface area (Å²) < 4.78 is 0. The molecule has 2 aromatic rings. The largest absolute Gasteiger partial charge is 0.359 e. The second-order valence-corrected chi connectivity index (χ2v) is 20.8. The fourth-order valence-corrected chi connectivity index (χ4v) is 13.6. The third kappa shape index (κ3) is 7.48. The number of hydrogen-bond acceptors (Lipinski definition) is 4. The Morgan fingerprint density at radius 3 is 2.23 bits per heavy atom. The molecule has 0 aromatic heterocycles. The molecule has 2 aromatic carbocycles. The normalized spacial score (nSPS) is 27.3. The lowest BCUT2D eigenvalue weighted by atomic mass is 9.68. The molecule has 0 fully saturated rings. The summed E-state index contributed by atoms with van der Waals surface area (Å²) in [7, 11) is 0. The van der Waals surface area contributed by atoms with Gasteiger partial charge >= 0.3 is 0 Å². The van der Waals surface area contributed by atoms with E-state index in [0.717, 1.165) is 95.5 Å². The fourth-order valence-electron chi connectivity index (χ4n) is 13.6. The zero-order chi connectivity index (χ0) is 46.5. The molecule has 0 spiro atoms. The van der Waals surface area contributed by atoms with Crippen LogP contribution in [0.15, 0.2) is 237 Å². The molecule has 11 aliphatic rings. The van der Waals surface area contributed by atoms with Crippen LogP contribution in [-0.2, 0) is 0 Å². The number of nitrogens with zero attached hydrogens (tertiary/aromatic N) is 3. The van der Waals surface area contributed by atoms with Gasteiger partial charge in [0.2, 0.25) is 0 Å². The van der Waals surface area contributed by atoms with Crippen molar-refractivity contribution in [1.82, 2.24) is 15.1 Å². The number of rotatable bonds is 8. The first-order valence-corrected chi connectivity index (χ1v) is 26.5. The molecule has 4 heteroatoms. The van der Waals surface area contributed by atoms with Crippen LogP contribution in [0.25, 0.3) is 11.3 Å². The number of allylic oxidation sites excluding steroid dienone is 29. The number of fused-ring (bicyclic) bond motifs is 6. The summed E-state index contributed by atoms with van der Waals surface area (Å²) in [5.74, 6) is 0.964. The maximum atomic E-state index is 9.83. The third-order valence-electron chi connectivity index (χ3n) is 17.0. The van der Waals surface area contributed by atoms with Crippen LogP contribution in [0.1, 0.15) is 124 Å². The third-order valence-corrected chi connectivity index (χ3v) is 17.0. The van der Waals surface area contributed by atoms with Gasteiger partial charge in [0.1, 0.15) is 6.17 Å². The minimum Gasteiger partial charge on any atom is -0.359 e. The molecule has 1 aliphatic heterocycles. The van der Waals surface area contributed by atoms with Gasteiger partial charge in [-0.25, -0.2) is 0 Å². The van der Waals surface area contributed by atoms with Gasteiger partial charge in [0, 0.05) is 40.1 Å². The van der Waals surface area contributed by atoms with Crippen LogP contribution >= 0.6 is 0 Å². The molecule has 0 bridgehead atoms. The van der Waals surface area contributed by atoms with Gasteiger partial charge in [0.15, 0.2) is 0 Å². The molecule has 0 radical (unpaired) electrons. The Bertz CT molecular complexity index is 3150. The molecule has 0 saturated heterocycles. The molecular formula is C66H62N4. The van der Waals surface area contributed by atoms with E-state index in [0.29, 0.717) is 11.8 Å². The Morgan fingerprint density at radius 1 is 0.629 bits per heavy atom. The molecule has 1 heterocycles. The van der Waals surface area contributed by atoms with E-state index in [1.54, 1.807) is 5.57 Å². The second-order valence-electron chi connectivity index (χ2n) is 20.8. The Labute approximate surface area is 415 Å². The van der Waals surface area contributed by atoms with Crippen molar-refractivity contribution in [3.63, 3.8) is 0 Å². The lowest BCUT2D eigenvalue weighted by Gasteiger charge is -2.48. The number of nitrogens with one attached hydrogen (secondary N) is 1. The van der Waals surface area contributed by atoms with Gasteiger partial charge in [-0.1, -0.05) is 146 Å². The summed E-state index contributed by atoms with van der Waals surface area (Å²) in [6.45, 7) is 0. The summed E-state index contributed by atoms with van der Waals surface area (Å²) in [4.78, 5) is 5.45. The number of benzene rings is 2. The average Bonchev–Trinajstić information content (AvgIpc) is 3.85. The van der Waals surface area contributed by atoms with E-state index in [2.05, 4.69) is 191 Å². The highest BCUT2D eigenvalue weighted by molar-refractivity contribution is 5.90. The molecule has 70 heavy (non-hydrogen) atoms. The Morgan fingerprint density at radius 2 is 1.46 bits per heavy atom. The molecule has 13 rings (SSSR count). The van der Waals surface area contributed by atoms with Crippen LogP contribution in [0.4, 0.5) is 0 Å². The summed E-state index contributed by atoms with van der Waals surface area (Å²) >= 11 is 0. The van der Waals surface area contributed by atoms with Crippen LogP contribution in [0.5, 0.6) is 0 Å². The van der Waals surface area contributed by atoms with Crippen LogP contribution in [0, 0.1) is 23.2 Å². The van der Waals surface area contributed by atoms with Gasteiger partial charge in [-0.15, -0.1) is 0 Å². The number of nitriles is 1. The minimum atomic E-state index is -0.0611. The summed E-state index contributed by atoms with van der Waals surface area (Å²) in [5, 5.41) is 14.0. The topological polar surface area (TPSA) is 42.3 Å². The van der Waals surface area contributed by atoms with Crippen LogP contribution in [0.2, 0.25) is 0 Å². The second kappa shape index (κ2) is 18.3. The van der Waals surface area contributed by atoms with E-state index in [-0.39, 0.29) is 18.1 Å². The minimum absolute atomic E-state index is 0.0611. The fraction of sp³-hybridized carbons (Fsp3) is 0.288. The number of hydrogen-bond donors (Lipinski definition) is 1. The maximum Gasteiger partial charge on any atom is 0.130 e. The van der Waals surface area contributed by atoms with Crippen molar-refractivity contribution < 1.29 is 0 Å². The lowest BCUT2D eigenvalue weighted by molar-refractivity contribution is 0.281. The van der Waals surface area contributed by atoms with Crippen molar-refractivity contribution in [2.45, 2.75) is 108 Å². The summed E-state index contributed by atoms with van der Waals surface area (Å²) in [6.07, 6.45) is 62.2. The van der Waals surface area contributed by atoms with E-state index in [1.165, 1.54) is 89.8 Å². The van der Waals surface area contributed by atoms with Crippen LogP contribution < -0.4 is 5.32 Å². The van der Waals surface area contributed by atoms with E-state index < -0.39 is 0 Å². The SMILES string of the molecule is N#CC1=CC=C(N2C3=C(NC2c2ccc(C4=C5C=CC=CC5C(N(C5=CC=C(C6=CCCC=C6)CC5)C5=CC=C(C6=CC=CCC6)CC5)C5=C4C=CCC5)cc2)c2ccccc2C2CCC=CC32)CC1. The molecule has 0 amide bonds. The van der Waals surface area contributed by atoms with Crippen molar-refractivity contribution in [3.8, 4) is 6.07 Å². The standard InChI is InChI=1S/C66H62N4/c67-43-44-27-37-53(38-28-44)70-65-59-24-12-8-20-55(59)54-19-7-11-23-58(54)63(65)68-66(70)50-31-29-49(30-32-50)62-56-21-9-13-25-60(56)64(61-26-14-10-22-57(61)62)69(51-39-33-47(34-40-51)45-15-3-1-4-16-45)52-41-35-48(36-42-52)46-17-5-2-6-18-46/h1,3,5,7,9-13,15,17-19,21-25,27,29-33,35,37,39,41,55,59-60,64,66,68H,2,4,6,8,14,16,20,26,28,34,36,38,40,42H2. The maximum absolute atomic E-state index is 9.83. The van der Waals surface area contributed by atoms with Crippen molar-refractivity contribution in [1.29, 1.82) is 5.26 Å². The summed E-state index contributed by atoms with van der Waals surface area (Å²) in [6, 6.07) is 21.4. The summed E-state index contributed by atoms with van der Waals surface area (Å²) in [5.41, 5.74) is 24.7. The molecule has 5 unspecified atom stereocenters. The Balaban J connectivity index is 0.892. The van der Waals surface area contributed by atoms with E-state index in [1.807, 2.05) is 0 Å². The highest BCUT2D eigenvalue weighted by Crippen LogP contribution is 2.55. The Kier molecular flexibility index (Phi) is 11.3. The lowest BCUT2D eigenvalue weighted by Crippen LogP contribution is -2.44. The predicted molar refractivity (Wildman–Crippen MR) is 287 cm³/mol. The quantitative estimate of drug-likeness (QED) is 0.268. The Hall–Kier alpha value is -7.09. The van der Waals surface area contributed by atoms with Gasteiger partial charge in [-0.05, 0) is 181 Å². The monoisotopic (exact) mass is 910 g/mol. The van der Waals surface area contributed by atoms with Crippen molar-refractivity contribution in [2.24, 2.45) is 11.8 Å². The molecule has 1 N–H and O–H groups in total. The molecule has 0 saturated carbocycles. The smallest absolute Gasteiger partial charge is 0.130 e. The van der Waals surface area contributed by atoms with Gasteiger partial charge in [0.25, 0.3) is 0 Å². The first kappa shape index (κ1) is 43.0. The molecular weight excluding hydrogens is 849 g/mol. The van der Waals surface area contributed by atoms with Crippen molar-refractivity contribution >= 4 is 11.3 Å². The van der Waals surface area contributed by atoms with Crippen LogP contribution in [-0.4, -0.2) is 15.8 Å².